The minimum absolute atomic E-state index is 0.155. The zero-order chi connectivity index (χ0) is 22.9. The number of nitrogens with zero attached hydrogens (tertiary/aromatic N) is 1. The molecule has 6 heteroatoms. The lowest BCUT2D eigenvalue weighted by Crippen LogP contribution is -2.30. The van der Waals surface area contributed by atoms with Gasteiger partial charge in [0, 0.05) is 5.02 Å². The molecule has 0 aliphatic carbocycles. The lowest BCUT2D eigenvalue weighted by atomic mass is 10.0. The average molecular weight is 453 g/mol. The maximum atomic E-state index is 12.9. The Labute approximate surface area is 194 Å². The van der Waals surface area contributed by atoms with Gasteiger partial charge in [0.1, 0.15) is 18.1 Å². The Kier molecular flexibility index (Phi) is 8.54. The van der Waals surface area contributed by atoms with E-state index in [2.05, 4.69) is 16.8 Å². The summed E-state index contributed by atoms with van der Waals surface area (Å²) in [5.41, 5.74) is 2.05. The monoisotopic (exact) mass is 452 g/mol. The van der Waals surface area contributed by atoms with Crippen molar-refractivity contribution in [3.8, 4) is 5.75 Å². The molecule has 0 radical (unpaired) electrons. The van der Waals surface area contributed by atoms with Crippen molar-refractivity contribution in [1.29, 1.82) is 0 Å². The van der Waals surface area contributed by atoms with Crippen molar-refractivity contribution in [3.05, 3.63) is 101 Å². The van der Waals surface area contributed by atoms with Crippen LogP contribution in [0.3, 0.4) is 0 Å². The maximum Gasteiger partial charge on any atom is 0.287 e. The van der Waals surface area contributed by atoms with Crippen LogP contribution in [0.25, 0.3) is 0 Å². The van der Waals surface area contributed by atoms with Gasteiger partial charge in [0.15, 0.2) is 5.76 Å². The zero-order valence-electron chi connectivity index (χ0n) is 18.5. The van der Waals surface area contributed by atoms with Gasteiger partial charge in [-0.25, -0.2) is 0 Å². The quantitative estimate of drug-likeness (QED) is 0.381. The van der Waals surface area contributed by atoms with Crippen molar-refractivity contribution in [3.63, 3.8) is 0 Å². The smallest absolute Gasteiger partial charge is 0.287 e. The van der Waals surface area contributed by atoms with Crippen LogP contribution in [0.5, 0.6) is 5.75 Å². The van der Waals surface area contributed by atoms with Gasteiger partial charge in [0.25, 0.3) is 5.91 Å². The van der Waals surface area contributed by atoms with E-state index in [1.54, 1.807) is 12.1 Å². The van der Waals surface area contributed by atoms with E-state index in [9.17, 15) is 4.79 Å². The largest absolute Gasteiger partial charge is 0.485 e. The molecule has 0 saturated carbocycles. The number of nitrogens with one attached hydrogen (secondary N) is 1. The zero-order valence-corrected chi connectivity index (χ0v) is 19.3. The summed E-state index contributed by atoms with van der Waals surface area (Å²) >= 11 is 6.02. The maximum absolute atomic E-state index is 12.9. The summed E-state index contributed by atoms with van der Waals surface area (Å²) in [7, 11) is 4.01. The normalized spacial score (nSPS) is 11.9. The fourth-order valence-electron chi connectivity index (χ4n) is 3.33. The van der Waals surface area contributed by atoms with E-state index in [4.69, 9.17) is 20.8 Å². The first-order valence-electron chi connectivity index (χ1n) is 10.6. The third-order valence-corrected chi connectivity index (χ3v) is 5.29. The van der Waals surface area contributed by atoms with Crippen LogP contribution >= 0.6 is 11.6 Å². The fourth-order valence-corrected chi connectivity index (χ4v) is 3.46. The molecule has 0 saturated heterocycles. The Balaban J connectivity index is 1.65. The third kappa shape index (κ3) is 6.74. The summed E-state index contributed by atoms with van der Waals surface area (Å²) in [6.45, 7) is 4.85. The Morgan fingerprint density at radius 3 is 2.62 bits per heavy atom. The van der Waals surface area contributed by atoms with E-state index in [1.807, 2.05) is 68.7 Å². The van der Waals surface area contributed by atoms with Crippen molar-refractivity contribution in [2.45, 2.75) is 25.5 Å². The number of amides is 1. The average Bonchev–Trinajstić information content (AvgIpc) is 3.26. The molecule has 1 unspecified atom stereocenters. The Morgan fingerprint density at radius 1 is 1.16 bits per heavy atom. The van der Waals surface area contributed by atoms with E-state index < -0.39 is 0 Å². The standard InChI is InChI=1S/C26H29ClN2O3/c1-4-7-20-8-5-6-9-24(20)31-18-22-14-15-25(32-22)26(30)28-23(16-17-29(2)3)19-10-12-21(27)13-11-19/h4-6,8-15,23H,1,7,16-18H2,2-3H3,(H,28,30). The number of carbonyl (C=O) groups excluding carboxylic acids is 1. The van der Waals surface area contributed by atoms with Gasteiger partial charge < -0.3 is 19.4 Å². The van der Waals surface area contributed by atoms with Gasteiger partial charge in [-0.1, -0.05) is 48.0 Å². The van der Waals surface area contributed by atoms with Crippen molar-refractivity contribution < 1.29 is 13.9 Å². The highest BCUT2D eigenvalue weighted by Gasteiger charge is 2.19. The second kappa shape index (κ2) is 11.6. The Hall–Kier alpha value is -3.02. The van der Waals surface area contributed by atoms with Crippen LogP contribution in [-0.2, 0) is 13.0 Å². The predicted molar refractivity (Wildman–Crippen MR) is 128 cm³/mol. The van der Waals surface area contributed by atoms with E-state index in [-0.39, 0.29) is 24.3 Å². The number of ether oxygens (including phenoxy) is 1. The first-order valence-corrected chi connectivity index (χ1v) is 11.0. The van der Waals surface area contributed by atoms with E-state index in [0.29, 0.717) is 10.8 Å². The molecule has 0 fully saturated rings. The second-order valence-electron chi connectivity index (χ2n) is 7.82. The van der Waals surface area contributed by atoms with Crippen molar-refractivity contribution in [1.82, 2.24) is 10.2 Å². The molecule has 1 amide bonds. The summed E-state index contributed by atoms with van der Waals surface area (Å²) in [5.74, 6) is 1.36. The lowest BCUT2D eigenvalue weighted by Gasteiger charge is -2.21. The molecule has 0 aliphatic rings. The van der Waals surface area contributed by atoms with Gasteiger partial charge in [0.2, 0.25) is 0 Å². The summed E-state index contributed by atoms with van der Waals surface area (Å²) in [4.78, 5) is 15.0. The topological polar surface area (TPSA) is 54.7 Å². The molecule has 0 spiro atoms. The number of hydrogen-bond donors (Lipinski definition) is 1. The summed E-state index contributed by atoms with van der Waals surface area (Å²) in [6.07, 6.45) is 3.32. The number of furan rings is 1. The highest BCUT2D eigenvalue weighted by Crippen LogP contribution is 2.22. The van der Waals surface area contributed by atoms with Crippen LogP contribution in [0.15, 0.2) is 77.7 Å². The van der Waals surface area contributed by atoms with E-state index in [1.165, 1.54) is 0 Å². The van der Waals surface area contributed by atoms with Gasteiger partial charge in [-0.05, 0) is 74.9 Å². The van der Waals surface area contributed by atoms with Crippen LogP contribution in [0.1, 0.15) is 39.9 Å². The van der Waals surface area contributed by atoms with E-state index in [0.717, 1.165) is 36.3 Å². The van der Waals surface area contributed by atoms with Gasteiger partial charge in [-0.15, -0.1) is 6.58 Å². The number of allylic oxidation sites excluding steroid dienone is 1. The number of carbonyl (C=O) groups is 1. The van der Waals surface area contributed by atoms with Gasteiger partial charge >= 0.3 is 0 Å². The SMILES string of the molecule is C=CCc1ccccc1OCc1ccc(C(=O)NC(CCN(C)C)c2ccc(Cl)cc2)o1. The molecular formula is C26H29ClN2O3. The molecule has 0 bridgehead atoms. The number of benzene rings is 2. The van der Waals surface area contributed by atoms with Gasteiger partial charge in [0.05, 0.1) is 6.04 Å². The number of halogens is 1. The van der Waals surface area contributed by atoms with Gasteiger partial charge in [-0.3, -0.25) is 4.79 Å². The Bertz CT molecular complexity index is 1030. The van der Waals surface area contributed by atoms with Crippen LogP contribution < -0.4 is 10.1 Å². The predicted octanol–water partition coefficient (Wildman–Crippen LogP) is 5.66. The molecule has 168 valence electrons. The molecule has 0 aliphatic heterocycles. The van der Waals surface area contributed by atoms with Crippen LogP contribution in [0.2, 0.25) is 5.02 Å². The number of para-hydroxylation sites is 1. The molecule has 5 nitrogen and oxygen atoms in total. The summed E-state index contributed by atoms with van der Waals surface area (Å²) < 4.78 is 11.7. The van der Waals surface area contributed by atoms with Gasteiger partial charge in [-0.2, -0.15) is 0 Å². The molecule has 1 atom stereocenters. The highest BCUT2D eigenvalue weighted by atomic mass is 35.5. The number of hydrogen-bond acceptors (Lipinski definition) is 4. The fraction of sp³-hybridized carbons (Fsp3) is 0.269. The molecular weight excluding hydrogens is 424 g/mol. The third-order valence-electron chi connectivity index (χ3n) is 5.03. The molecule has 3 aromatic rings. The van der Waals surface area contributed by atoms with Crippen LogP contribution in [-0.4, -0.2) is 31.4 Å². The number of rotatable bonds is 11. The summed E-state index contributed by atoms with van der Waals surface area (Å²) in [5, 5.41) is 3.75. The molecule has 3 rings (SSSR count). The molecule has 2 aromatic carbocycles. The second-order valence-corrected chi connectivity index (χ2v) is 8.26. The molecule has 1 N–H and O–H groups in total. The molecule has 32 heavy (non-hydrogen) atoms. The van der Waals surface area contributed by atoms with Crippen LogP contribution in [0.4, 0.5) is 0 Å². The molecule has 1 heterocycles. The lowest BCUT2D eigenvalue weighted by molar-refractivity contribution is 0.0900. The van der Waals surface area contributed by atoms with Crippen molar-refractivity contribution in [2.24, 2.45) is 0 Å². The first-order chi connectivity index (χ1) is 15.5. The van der Waals surface area contributed by atoms with Crippen molar-refractivity contribution >= 4 is 17.5 Å². The molecule has 1 aromatic heterocycles. The minimum Gasteiger partial charge on any atom is -0.485 e. The summed E-state index contributed by atoms with van der Waals surface area (Å²) in [6, 6.07) is 18.6. The highest BCUT2D eigenvalue weighted by molar-refractivity contribution is 6.30. The van der Waals surface area contributed by atoms with E-state index >= 15 is 0 Å². The van der Waals surface area contributed by atoms with Crippen LogP contribution in [0, 0.1) is 0 Å². The first kappa shape index (κ1) is 23.6. The minimum atomic E-state index is -0.262. The Morgan fingerprint density at radius 2 is 1.91 bits per heavy atom. The van der Waals surface area contributed by atoms with Crippen molar-refractivity contribution in [2.75, 3.05) is 20.6 Å².